The maximum atomic E-state index is 12.1. The van der Waals surface area contributed by atoms with Crippen LogP contribution in [0.5, 0.6) is 0 Å². The molecule has 2 heterocycles. The number of halogens is 2. The Morgan fingerprint density at radius 1 is 1.11 bits per heavy atom. The number of aryl methyl sites for hydroxylation is 2. The molecule has 0 unspecified atom stereocenters. The normalized spacial score (nSPS) is 10.3. The molecule has 0 aliphatic heterocycles. The number of carbonyl (C=O) groups excluding carboxylic acids is 1. The lowest BCUT2D eigenvalue weighted by Gasteiger charge is -2.09. The van der Waals surface area contributed by atoms with Crippen molar-refractivity contribution < 1.29 is 4.79 Å². The molecule has 1 amide bonds. The van der Waals surface area contributed by atoms with Gasteiger partial charge in [-0.25, -0.2) is 4.98 Å². The van der Waals surface area contributed by atoms with E-state index < -0.39 is 0 Å². The molecule has 2 aromatic heterocycles. The number of anilines is 1. The lowest BCUT2D eigenvalue weighted by Crippen LogP contribution is -2.14. The van der Waals surface area contributed by atoms with Crippen molar-refractivity contribution in [1.82, 2.24) is 9.97 Å². The maximum absolute atomic E-state index is 12.1. The van der Waals surface area contributed by atoms with Crippen LogP contribution in [-0.4, -0.2) is 15.9 Å². The van der Waals surface area contributed by atoms with Crippen LogP contribution >= 0.6 is 23.2 Å². The highest BCUT2D eigenvalue weighted by Gasteiger charge is 2.13. The van der Waals surface area contributed by atoms with E-state index in [-0.39, 0.29) is 21.8 Å². The smallest absolute Gasteiger partial charge is 0.258 e. The van der Waals surface area contributed by atoms with Gasteiger partial charge in [0.05, 0.1) is 16.9 Å². The van der Waals surface area contributed by atoms with Gasteiger partial charge in [-0.1, -0.05) is 23.2 Å². The van der Waals surface area contributed by atoms with E-state index >= 15 is 0 Å². The second-order valence-electron chi connectivity index (χ2n) is 4.01. The van der Waals surface area contributed by atoms with Crippen LogP contribution in [0.4, 0.5) is 5.69 Å². The molecule has 4 nitrogen and oxygen atoms in total. The summed E-state index contributed by atoms with van der Waals surface area (Å²) in [5, 5.41) is 3.06. The fraction of sp³-hybridized carbons (Fsp3) is 0.154. The summed E-state index contributed by atoms with van der Waals surface area (Å²) in [6.07, 6.45) is 0. The second kappa shape index (κ2) is 5.55. The quantitative estimate of drug-likeness (QED) is 0.861. The number of carbonyl (C=O) groups is 1. The van der Waals surface area contributed by atoms with Gasteiger partial charge in [0, 0.05) is 5.69 Å². The van der Waals surface area contributed by atoms with Gasteiger partial charge in [-0.3, -0.25) is 9.78 Å². The number of aromatic nitrogens is 2. The summed E-state index contributed by atoms with van der Waals surface area (Å²) in [5.74, 6) is -0.345. The Balaban J connectivity index is 2.25. The molecule has 0 atom stereocenters. The molecule has 0 bridgehead atoms. The number of hydrogen-bond acceptors (Lipinski definition) is 3. The molecule has 0 fully saturated rings. The van der Waals surface area contributed by atoms with E-state index in [1.165, 1.54) is 12.1 Å². The van der Waals surface area contributed by atoms with E-state index in [0.717, 1.165) is 11.4 Å². The summed E-state index contributed by atoms with van der Waals surface area (Å²) < 4.78 is 0. The summed E-state index contributed by atoms with van der Waals surface area (Å²) in [6, 6.07) is 6.67. The van der Waals surface area contributed by atoms with Crippen molar-refractivity contribution in [1.29, 1.82) is 0 Å². The summed E-state index contributed by atoms with van der Waals surface area (Å²) >= 11 is 11.6. The summed E-state index contributed by atoms with van der Waals surface area (Å²) in [7, 11) is 0. The van der Waals surface area contributed by atoms with Crippen molar-refractivity contribution in [3.63, 3.8) is 0 Å². The van der Waals surface area contributed by atoms with Crippen LogP contribution in [-0.2, 0) is 0 Å². The van der Waals surface area contributed by atoms with Crippen LogP contribution in [0.3, 0.4) is 0 Å². The monoisotopic (exact) mass is 295 g/mol. The molecule has 0 saturated carbocycles. The Morgan fingerprint density at radius 3 is 2.47 bits per heavy atom. The van der Waals surface area contributed by atoms with Crippen LogP contribution in [0.15, 0.2) is 24.3 Å². The van der Waals surface area contributed by atoms with Gasteiger partial charge in [0.2, 0.25) is 0 Å². The van der Waals surface area contributed by atoms with Crippen molar-refractivity contribution in [2.24, 2.45) is 0 Å². The average molecular weight is 296 g/mol. The van der Waals surface area contributed by atoms with Crippen LogP contribution < -0.4 is 5.32 Å². The van der Waals surface area contributed by atoms with Crippen molar-refractivity contribution in [2.45, 2.75) is 13.8 Å². The zero-order chi connectivity index (χ0) is 14.0. The molecule has 19 heavy (non-hydrogen) atoms. The van der Waals surface area contributed by atoms with E-state index in [0.29, 0.717) is 5.69 Å². The number of amides is 1. The molecule has 98 valence electrons. The van der Waals surface area contributed by atoms with Gasteiger partial charge in [0.25, 0.3) is 5.91 Å². The Bertz CT molecular complexity index is 644. The highest BCUT2D eigenvalue weighted by Crippen LogP contribution is 2.19. The fourth-order valence-corrected chi connectivity index (χ4v) is 2.02. The number of nitrogens with one attached hydrogen (secondary N) is 1. The predicted molar refractivity (Wildman–Crippen MR) is 75.9 cm³/mol. The number of pyridine rings is 2. The molecule has 0 spiro atoms. The molecule has 2 rings (SSSR count). The minimum absolute atomic E-state index is 0.0720. The molecule has 1 N–H and O–H groups in total. The largest absolute Gasteiger partial charge is 0.320 e. The molecular formula is C13H11Cl2N3O. The van der Waals surface area contributed by atoms with E-state index in [9.17, 15) is 4.79 Å². The number of nitrogens with zero attached hydrogens (tertiary/aromatic N) is 2. The molecule has 0 aliphatic rings. The van der Waals surface area contributed by atoms with Crippen LogP contribution in [0, 0.1) is 13.8 Å². The van der Waals surface area contributed by atoms with Crippen molar-refractivity contribution >= 4 is 34.8 Å². The standard InChI is InChI=1S/C13H11Cl2N3O/c1-7-3-5-10(8(2)16-7)17-13(19)9-4-6-11(14)18-12(9)15/h3-6H,1-2H3,(H,17,19). The van der Waals surface area contributed by atoms with E-state index in [4.69, 9.17) is 23.2 Å². The molecule has 0 aromatic carbocycles. The maximum Gasteiger partial charge on any atom is 0.258 e. The average Bonchev–Trinajstić information content (AvgIpc) is 2.32. The zero-order valence-electron chi connectivity index (χ0n) is 10.4. The fourth-order valence-electron chi connectivity index (χ4n) is 1.59. The van der Waals surface area contributed by atoms with Gasteiger partial charge in [-0.2, -0.15) is 0 Å². The third-order valence-electron chi connectivity index (χ3n) is 2.53. The third-order valence-corrected chi connectivity index (χ3v) is 3.03. The van der Waals surface area contributed by atoms with Gasteiger partial charge >= 0.3 is 0 Å². The first-order valence-corrected chi connectivity index (χ1v) is 6.30. The van der Waals surface area contributed by atoms with Crippen LogP contribution in [0.25, 0.3) is 0 Å². The first-order chi connectivity index (χ1) is 8.97. The topological polar surface area (TPSA) is 54.9 Å². The first kappa shape index (κ1) is 13.8. The van der Waals surface area contributed by atoms with Gasteiger partial charge in [-0.15, -0.1) is 0 Å². The SMILES string of the molecule is Cc1ccc(NC(=O)c2ccc(Cl)nc2Cl)c(C)n1. The van der Waals surface area contributed by atoms with Crippen LogP contribution in [0.1, 0.15) is 21.7 Å². The lowest BCUT2D eigenvalue weighted by molar-refractivity contribution is 0.102. The minimum Gasteiger partial charge on any atom is -0.320 e. The van der Waals surface area contributed by atoms with Gasteiger partial charge in [0.15, 0.2) is 0 Å². The van der Waals surface area contributed by atoms with Crippen molar-refractivity contribution in [3.05, 3.63) is 51.5 Å². The zero-order valence-corrected chi connectivity index (χ0v) is 11.9. The molecular weight excluding hydrogens is 285 g/mol. The molecule has 0 saturated heterocycles. The second-order valence-corrected chi connectivity index (χ2v) is 4.76. The molecule has 0 aliphatic carbocycles. The Labute approximate surface area is 120 Å². The highest BCUT2D eigenvalue weighted by molar-refractivity contribution is 6.35. The van der Waals surface area contributed by atoms with Gasteiger partial charge in [0.1, 0.15) is 10.3 Å². The number of hydrogen-bond donors (Lipinski definition) is 1. The third kappa shape index (κ3) is 3.22. The summed E-state index contributed by atoms with van der Waals surface area (Å²) in [6.45, 7) is 3.71. The number of rotatable bonds is 2. The Hall–Kier alpha value is -1.65. The van der Waals surface area contributed by atoms with Crippen LogP contribution in [0.2, 0.25) is 10.3 Å². The van der Waals surface area contributed by atoms with Crippen molar-refractivity contribution in [3.8, 4) is 0 Å². The lowest BCUT2D eigenvalue weighted by atomic mass is 10.2. The van der Waals surface area contributed by atoms with Crippen molar-refractivity contribution in [2.75, 3.05) is 5.32 Å². The van der Waals surface area contributed by atoms with E-state index in [1.54, 1.807) is 6.07 Å². The summed E-state index contributed by atoms with van der Waals surface area (Å²) in [4.78, 5) is 20.2. The molecule has 2 aromatic rings. The van der Waals surface area contributed by atoms with E-state index in [1.807, 2.05) is 19.9 Å². The molecule has 6 heteroatoms. The minimum atomic E-state index is -0.345. The Morgan fingerprint density at radius 2 is 1.84 bits per heavy atom. The highest BCUT2D eigenvalue weighted by atomic mass is 35.5. The summed E-state index contributed by atoms with van der Waals surface area (Å²) in [5.41, 5.74) is 2.54. The predicted octanol–water partition coefficient (Wildman–Crippen LogP) is 3.65. The van der Waals surface area contributed by atoms with Gasteiger partial charge in [-0.05, 0) is 38.1 Å². The van der Waals surface area contributed by atoms with E-state index in [2.05, 4.69) is 15.3 Å². The Kier molecular flexibility index (Phi) is 4.02. The first-order valence-electron chi connectivity index (χ1n) is 5.55. The van der Waals surface area contributed by atoms with Gasteiger partial charge < -0.3 is 5.32 Å². The molecule has 0 radical (unpaired) electrons.